The summed E-state index contributed by atoms with van der Waals surface area (Å²) >= 11 is 0. The number of nitrogens with one attached hydrogen (secondary N) is 1. The van der Waals surface area contributed by atoms with E-state index in [1.54, 1.807) is 0 Å². The second-order valence-electron chi connectivity index (χ2n) is 5.26. The zero-order valence-corrected chi connectivity index (χ0v) is 11.0. The summed E-state index contributed by atoms with van der Waals surface area (Å²) in [4.78, 5) is 13.1. The molecule has 0 spiro atoms. The van der Waals surface area contributed by atoms with Gasteiger partial charge < -0.3 is 10.2 Å². The molecule has 1 aliphatic rings. The van der Waals surface area contributed by atoms with Gasteiger partial charge in [-0.3, -0.25) is 0 Å². The Morgan fingerprint density at radius 3 is 2.39 bits per heavy atom. The molecule has 1 fully saturated rings. The number of alkyl halides is 3. The Balaban J connectivity index is 2.51. The van der Waals surface area contributed by atoms with Gasteiger partial charge in [-0.2, -0.15) is 13.2 Å². The van der Waals surface area contributed by atoms with E-state index in [2.05, 4.69) is 20.8 Å². The van der Waals surface area contributed by atoms with E-state index in [0.29, 0.717) is 30.8 Å². The minimum Gasteiger partial charge on any atom is -0.329 e. The van der Waals surface area contributed by atoms with E-state index in [4.69, 9.17) is 0 Å². The molecule has 1 heterocycles. The van der Waals surface area contributed by atoms with E-state index in [-0.39, 0.29) is 0 Å². The average molecular weight is 266 g/mol. The predicted molar refractivity (Wildman–Crippen MR) is 63.1 cm³/mol. The van der Waals surface area contributed by atoms with Gasteiger partial charge in [-0.05, 0) is 17.8 Å². The maximum atomic E-state index is 12.0. The molecule has 0 aromatic heterocycles. The van der Waals surface area contributed by atoms with Gasteiger partial charge in [0.25, 0.3) is 0 Å². The Hall–Kier alpha value is -0.940. The summed E-state index contributed by atoms with van der Waals surface area (Å²) in [6.45, 7) is 6.08. The highest BCUT2D eigenvalue weighted by Crippen LogP contribution is 2.31. The summed E-state index contributed by atoms with van der Waals surface area (Å²) in [6, 6.07) is -0.603. The number of carbonyl (C=O) groups excluding carboxylic acids is 1. The lowest BCUT2D eigenvalue weighted by molar-refractivity contribution is -0.123. The number of carbonyl (C=O) groups is 1. The third-order valence-corrected chi connectivity index (χ3v) is 3.60. The van der Waals surface area contributed by atoms with Crippen LogP contribution < -0.4 is 5.32 Å². The topological polar surface area (TPSA) is 32.3 Å². The molecule has 2 atom stereocenters. The van der Waals surface area contributed by atoms with Crippen LogP contribution in [-0.4, -0.2) is 36.7 Å². The van der Waals surface area contributed by atoms with Crippen molar-refractivity contribution in [3.63, 3.8) is 0 Å². The molecule has 0 radical (unpaired) electrons. The second kappa shape index (κ2) is 5.80. The molecule has 18 heavy (non-hydrogen) atoms. The van der Waals surface area contributed by atoms with Crippen LogP contribution in [0.4, 0.5) is 18.0 Å². The molecule has 0 aromatic rings. The summed E-state index contributed by atoms with van der Waals surface area (Å²) < 4.78 is 36.1. The summed E-state index contributed by atoms with van der Waals surface area (Å²) in [6.07, 6.45) is -3.40. The monoisotopic (exact) mass is 266 g/mol. The lowest BCUT2D eigenvalue weighted by Gasteiger charge is -2.20. The zero-order valence-electron chi connectivity index (χ0n) is 11.0. The van der Waals surface area contributed by atoms with Crippen molar-refractivity contribution in [2.45, 2.75) is 33.4 Å². The van der Waals surface area contributed by atoms with Crippen molar-refractivity contribution in [3.8, 4) is 0 Å². The molecule has 2 amide bonds. The van der Waals surface area contributed by atoms with Crippen molar-refractivity contribution in [1.29, 1.82) is 0 Å². The molecule has 1 N–H and O–H groups in total. The summed E-state index contributed by atoms with van der Waals surface area (Å²) in [7, 11) is 0. The first-order valence-corrected chi connectivity index (χ1v) is 6.34. The summed E-state index contributed by atoms with van der Waals surface area (Å²) in [5.74, 6) is 1.21. The van der Waals surface area contributed by atoms with Crippen molar-refractivity contribution in [2.75, 3.05) is 19.6 Å². The highest BCUT2D eigenvalue weighted by atomic mass is 19.4. The van der Waals surface area contributed by atoms with Crippen molar-refractivity contribution >= 4 is 6.03 Å². The minimum atomic E-state index is -4.35. The average Bonchev–Trinajstić information content (AvgIpc) is 2.68. The number of halogens is 3. The lowest BCUT2D eigenvalue weighted by Crippen LogP contribution is -2.43. The quantitative estimate of drug-likeness (QED) is 0.837. The molecule has 0 bridgehead atoms. The van der Waals surface area contributed by atoms with Crippen LogP contribution in [0.25, 0.3) is 0 Å². The van der Waals surface area contributed by atoms with Crippen LogP contribution in [-0.2, 0) is 0 Å². The van der Waals surface area contributed by atoms with Crippen molar-refractivity contribution in [2.24, 2.45) is 17.8 Å². The van der Waals surface area contributed by atoms with E-state index < -0.39 is 18.8 Å². The molecule has 0 aliphatic carbocycles. The molecule has 1 rings (SSSR count). The Bertz CT molecular complexity index is 292. The number of hydrogen-bond acceptors (Lipinski definition) is 1. The van der Waals surface area contributed by atoms with E-state index in [0.717, 1.165) is 6.42 Å². The van der Waals surface area contributed by atoms with E-state index in [1.165, 1.54) is 4.90 Å². The van der Waals surface area contributed by atoms with Crippen LogP contribution in [0.3, 0.4) is 0 Å². The molecular formula is C12H21F3N2O. The number of likely N-dealkylation sites (tertiary alicyclic amines) is 1. The third-order valence-electron chi connectivity index (χ3n) is 3.60. The van der Waals surface area contributed by atoms with Gasteiger partial charge in [-0.25, -0.2) is 4.79 Å². The van der Waals surface area contributed by atoms with Crippen LogP contribution in [0.15, 0.2) is 0 Å². The van der Waals surface area contributed by atoms with Gasteiger partial charge in [0.2, 0.25) is 0 Å². The maximum Gasteiger partial charge on any atom is 0.405 e. The summed E-state index contributed by atoms with van der Waals surface area (Å²) in [5, 5.41) is 1.93. The van der Waals surface area contributed by atoms with Gasteiger partial charge >= 0.3 is 12.2 Å². The molecule has 1 saturated heterocycles. The summed E-state index contributed by atoms with van der Waals surface area (Å²) in [5.41, 5.74) is 0. The fourth-order valence-electron chi connectivity index (χ4n) is 2.54. The Labute approximate surface area is 106 Å². The normalized spacial score (nSPS) is 24.7. The van der Waals surface area contributed by atoms with Gasteiger partial charge in [0.1, 0.15) is 6.54 Å². The lowest BCUT2D eigenvalue weighted by atomic mass is 9.85. The molecule has 6 heteroatoms. The van der Waals surface area contributed by atoms with E-state index in [1.807, 2.05) is 5.32 Å². The standard InChI is InChI=1S/C12H21F3N2O/c1-4-9-5-17(6-10(9)8(2)3)11(18)16-7-12(13,14)15/h8-10H,4-7H2,1-3H3,(H,16,18). The largest absolute Gasteiger partial charge is 0.405 e. The van der Waals surface area contributed by atoms with Crippen LogP contribution in [0, 0.1) is 17.8 Å². The molecule has 1 aliphatic heterocycles. The molecule has 0 saturated carbocycles. The molecular weight excluding hydrogens is 245 g/mol. The van der Waals surface area contributed by atoms with Gasteiger partial charge in [-0.15, -0.1) is 0 Å². The first kappa shape index (κ1) is 15.1. The Kier molecular flexibility index (Phi) is 4.87. The smallest absolute Gasteiger partial charge is 0.329 e. The zero-order chi connectivity index (χ0) is 13.9. The van der Waals surface area contributed by atoms with Crippen LogP contribution >= 0.6 is 0 Å². The fourth-order valence-corrected chi connectivity index (χ4v) is 2.54. The van der Waals surface area contributed by atoms with Crippen LogP contribution in [0.2, 0.25) is 0 Å². The van der Waals surface area contributed by atoms with E-state index >= 15 is 0 Å². The number of nitrogens with zero attached hydrogens (tertiary/aromatic N) is 1. The minimum absolute atomic E-state index is 0.381. The number of rotatable bonds is 3. The number of urea groups is 1. The maximum absolute atomic E-state index is 12.0. The fraction of sp³-hybridized carbons (Fsp3) is 0.917. The van der Waals surface area contributed by atoms with E-state index in [9.17, 15) is 18.0 Å². The second-order valence-corrected chi connectivity index (χ2v) is 5.26. The highest BCUT2D eigenvalue weighted by molar-refractivity contribution is 5.74. The van der Waals surface area contributed by atoms with Gasteiger partial charge in [0, 0.05) is 13.1 Å². The van der Waals surface area contributed by atoms with Gasteiger partial charge in [0.15, 0.2) is 0 Å². The van der Waals surface area contributed by atoms with Crippen molar-refractivity contribution in [3.05, 3.63) is 0 Å². The Morgan fingerprint density at radius 2 is 2.00 bits per heavy atom. The molecule has 2 unspecified atom stereocenters. The van der Waals surface area contributed by atoms with Crippen LogP contribution in [0.5, 0.6) is 0 Å². The molecule has 106 valence electrons. The first-order chi connectivity index (χ1) is 8.24. The van der Waals surface area contributed by atoms with Gasteiger partial charge in [-0.1, -0.05) is 27.2 Å². The highest BCUT2D eigenvalue weighted by Gasteiger charge is 2.36. The molecule has 3 nitrogen and oxygen atoms in total. The molecule has 0 aromatic carbocycles. The van der Waals surface area contributed by atoms with Crippen LogP contribution in [0.1, 0.15) is 27.2 Å². The third kappa shape index (κ3) is 4.07. The van der Waals surface area contributed by atoms with Crippen molar-refractivity contribution < 1.29 is 18.0 Å². The predicted octanol–water partition coefficient (Wildman–Crippen LogP) is 2.87. The number of amides is 2. The Morgan fingerprint density at radius 1 is 1.39 bits per heavy atom. The SMILES string of the molecule is CCC1CN(C(=O)NCC(F)(F)F)CC1C(C)C. The van der Waals surface area contributed by atoms with Gasteiger partial charge in [0.05, 0.1) is 0 Å². The number of hydrogen-bond donors (Lipinski definition) is 1. The first-order valence-electron chi connectivity index (χ1n) is 6.34. The van der Waals surface area contributed by atoms with Crippen molar-refractivity contribution in [1.82, 2.24) is 10.2 Å².